The molecule has 0 fully saturated rings. The van der Waals surface area contributed by atoms with Gasteiger partial charge in [-0.15, -0.1) is 0 Å². The van der Waals surface area contributed by atoms with Gasteiger partial charge in [-0.2, -0.15) is 0 Å². The second kappa shape index (κ2) is 4.60. The maximum atomic E-state index is 6.00. The van der Waals surface area contributed by atoms with Crippen molar-refractivity contribution in [3.05, 3.63) is 42.2 Å². The fourth-order valence-electron chi connectivity index (χ4n) is 3.26. The highest BCUT2D eigenvalue weighted by atomic mass is 16.7. The largest absolute Gasteiger partial charge is 0.454 e. The van der Waals surface area contributed by atoms with Crippen LogP contribution in [-0.4, -0.2) is 18.6 Å². The number of aromatic nitrogens is 1. The van der Waals surface area contributed by atoms with Crippen molar-refractivity contribution < 1.29 is 28.4 Å². The smallest absolute Gasteiger partial charge is 0.285 e. The zero-order chi connectivity index (χ0) is 16.4. The summed E-state index contributed by atoms with van der Waals surface area (Å²) in [5, 5.41) is 1.86. The number of fused-ring (bicyclic) bond motifs is 5. The molecule has 0 aliphatic carbocycles. The van der Waals surface area contributed by atoms with E-state index in [4.69, 9.17) is 28.4 Å². The van der Waals surface area contributed by atoms with Crippen LogP contribution in [0.3, 0.4) is 0 Å². The van der Waals surface area contributed by atoms with Gasteiger partial charge < -0.3 is 28.4 Å². The van der Waals surface area contributed by atoms with Crippen molar-refractivity contribution in [2.45, 2.75) is 6.29 Å². The lowest BCUT2D eigenvalue weighted by molar-refractivity contribution is 0.0443. The highest BCUT2D eigenvalue weighted by Crippen LogP contribution is 2.53. The zero-order valence-electron chi connectivity index (χ0n) is 12.9. The van der Waals surface area contributed by atoms with Gasteiger partial charge in [-0.1, -0.05) is 0 Å². The van der Waals surface area contributed by atoms with E-state index in [1.54, 1.807) is 6.20 Å². The Labute approximate surface area is 141 Å². The van der Waals surface area contributed by atoms with E-state index in [1.807, 2.05) is 30.3 Å². The maximum Gasteiger partial charge on any atom is 0.285 e. The molecule has 0 N–H and O–H groups in total. The van der Waals surface area contributed by atoms with Gasteiger partial charge in [0.15, 0.2) is 23.0 Å². The monoisotopic (exact) mass is 337 g/mol. The Hall–Kier alpha value is -3.35. The van der Waals surface area contributed by atoms with Gasteiger partial charge in [0.1, 0.15) is 5.69 Å². The van der Waals surface area contributed by atoms with E-state index >= 15 is 0 Å². The molecule has 0 unspecified atom stereocenters. The Balaban J connectivity index is 1.46. The van der Waals surface area contributed by atoms with E-state index < -0.39 is 6.29 Å². The van der Waals surface area contributed by atoms with Crippen molar-refractivity contribution in [3.8, 4) is 34.5 Å². The number of pyridine rings is 1. The summed E-state index contributed by atoms with van der Waals surface area (Å²) in [5.74, 6) is 3.78. The summed E-state index contributed by atoms with van der Waals surface area (Å²) in [6, 6.07) is 9.36. The molecule has 7 heteroatoms. The van der Waals surface area contributed by atoms with Crippen molar-refractivity contribution >= 4 is 10.8 Å². The molecule has 7 nitrogen and oxygen atoms in total. The molecule has 4 heterocycles. The lowest BCUT2D eigenvalue weighted by Gasteiger charge is -2.12. The van der Waals surface area contributed by atoms with Crippen molar-refractivity contribution in [1.29, 1.82) is 0 Å². The molecule has 0 bridgehead atoms. The van der Waals surface area contributed by atoms with Gasteiger partial charge in [0, 0.05) is 11.6 Å². The van der Waals surface area contributed by atoms with Crippen LogP contribution in [0.15, 0.2) is 36.5 Å². The predicted molar refractivity (Wildman–Crippen MR) is 84.4 cm³/mol. The van der Waals surface area contributed by atoms with Crippen LogP contribution in [0.5, 0.6) is 34.5 Å². The highest BCUT2D eigenvalue weighted by molar-refractivity contribution is 5.88. The molecular formula is C18H11NO6. The predicted octanol–water partition coefficient (Wildman–Crippen LogP) is 3.16. The quantitative estimate of drug-likeness (QED) is 0.675. The summed E-state index contributed by atoms with van der Waals surface area (Å²) in [6.07, 6.45) is 1.05. The van der Waals surface area contributed by atoms with E-state index in [1.165, 1.54) is 0 Å². The SMILES string of the molecule is c1cc2cc3c(cc2c([C@@H]2Oc4ccc5c(c4O2)OCO5)n1)OCO3. The molecule has 0 saturated heterocycles. The lowest BCUT2D eigenvalue weighted by Crippen LogP contribution is -2.10. The molecule has 2 aromatic carbocycles. The Morgan fingerprint density at radius 1 is 0.760 bits per heavy atom. The second-order valence-corrected chi connectivity index (χ2v) is 5.82. The number of hydrogen-bond donors (Lipinski definition) is 0. The molecule has 1 aromatic heterocycles. The van der Waals surface area contributed by atoms with Gasteiger partial charge in [-0.3, -0.25) is 4.98 Å². The van der Waals surface area contributed by atoms with E-state index in [9.17, 15) is 0 Å². The van der Waals surface area contributed by atoms with Gasteiger partial charge in [0.25, 0.3) is 6.29 Å². The number of nitrogens with zero attached hydrogens (tertiary/aromatic N) is 1. The van der Waals surface area contributed by atoms with Crippen LogP contribution >= 0.6 is 0 Å². The third-order valence-corrected chi connectivity index (χ3v) is 4.43. The summed E-state index contributed by atoms with van der Waals surface area (Å²) < 4.78 is 33.7. The van der Waals surface area contributed by atoms with Gasteiger partial charge in [0.05, 0.1) is 0 Å². The maximum absolute atomic E-state index is 6.00. The fourth-order valence-corrected chi connectivity index (χ4v) is 3.26. The standard InChI is InChI=1S/C18H11NO6/c1-2-12-17(16-11(1)20-8-23-16)25-18(24-12)15-10-6-14-13(21-7-22-14)5-9(10)3-4-19-15/h1-6,18H,7-8H2/t18-/m1/s1. The summed E-state index contributed by atoms with van der Waals surface area (Å²) in [7, 11) is 0. The summed E-state index contributed by atoms with van der Waals surface area (Å²) in [6.45, 7) is 0.398. The van der Waals surface area contributed by atoms with Gasteiger partial charge in [-0.25, -0.2) is 0 Å². The second-order valence-electron chi connectivity index (χ2n) is 5.82. The van der Waals surface area contributed by atoms with Crippen molar-refractivity contribution in [1.82, 2.24) is 4.98 Å². The molecule has 124 valence electrons. The van der Waals surface area contributed by atoms with E-state index in [2.05, 4.69) is 4.98 Å². The normalized spacial score (nSPS) is 18.8. The first-order chi connectivity index (χ1) is 12.4. The van der Waals surface area contributed by atoms with E-state index in [-0.39, 0.29) is 13.6 Å². The van der Waals surface area contributed by atoms with Crippen molar-refractivity contribution in [2.24, 2.45) is 0 Å². The number of rotatable bonds is 1. The minimum absolute atomic E-state index is 0.176. The lowest BCUT2D eigenvalue weighted by atomic mass is 10.1. The van der Waals surface area contributed by atoms with Crippen LogP contribution < -0.4 is 28.4 Å². The minimum Gasteiger partial charge on any atom is -0.454 e. The number of hydrogen-bond acceptors (Lipinski definition) is 7. The first-order valence-electron chi connectivity index (χ1n) is 7.81. The van der Waals surface area contributed by atoms with Gasteiger partial charge >= 0.3 is 0 Å². The third-order valence-electron chi connectivity index (χ3n) is 4.43. The average Bonchev–Trinajstić information content (AvgIpc) is 3.35. The Morgan fingerprint density at radius 2 is 1.56 bits per heavy atom. The Kier molecular flexibility index (Phi) is 2.39. The summed E-state index contributed by atoms with van der Waals surface area (Å²) in [4.78, 5) is 4.47. The highest BCUT2D eigenvalue weighted by Gasteiger charge is 2.35. The molecule has 25 heavy (non-hydrogen) atoms. The fraction of sp³-hybridized carbons (Fsp3) is 0.167. The molecule has 3 aliphatic rings. The van der Waals surface area contributed by atoms with Gasteiger partial charge in [0.2, 0.25) is 25.1 Å². The molecular weight excluding hydrogens is 326 g/mol. The molecule has 6 rings (SSSR count). The molecule has 3 aliphatic heterocycles. The molecule has 0 amide bonds. The van der Waals surface area contributed by atoms with Crippen LogP contribution in [0.1, 0.15) is 12.0 Å². The zero-order valence-corrected chi connectivity index (χ0v) is 12.9. The van der Waals surface area contributed by atoms with Crippen LogP contribution in [0.2, 0.25) is 0 Å². The molecule has 0 spiro atoms. The van der Waals surface area contributed by atoms with Crippen LogP contribution in [-0.2, 0) is 0 Å². The van der Waals surface area contributed by atoms with E-state index in [0.29, 0.717) is 34.4 Å². The molecule has 0 saturated carbocycles. The number of ether oxygens (including phenoxy) is 6. The van der Waals surface area contributed by atoms with E-state index in [0.717, 1.165) is 16.5 Å². The Bertz CT molecular complexity index is 1030. The van der Waals surface area contributed by atoms with Gasteiger partial charge in [-0.05, 0) is 35.7 Å². The molecule has 3 aromatic rings. The van der Waals surface area contributed by atoms with Crippen LogP contribution in [0.4, 0.5) is 0 Å². The van der Waals surface area contributed by atoms with Crippen LogP contribution in [0.25, 0.3) is 10.8 Å². The summed E-state index contributed by atoms with van der Waals surface area (Å²) >= 11 is 0. The van der Waals surface area contributed by atoms with Crippen molar-refractivity contribution in [3.63, 3.8) is 0 Å². The van der Waals surface area contributed by atoms with Crippen molar-refractivity contribution in [2.75, 3.05) is 13.6 Å². The topological polar surface area (TPSA) is 68.3 Å². The third kappa shape index (κ3) is 1.77. The minimum atomic E-state index is -0.672. The molecule has 0 radical (unpaired) electrons. The Morgan fingerprint density at radius 3 is 2.52 bits per heavy atom. The van der Waals surface area contributed by atoms with Crippen LogP contribution in [0, 0.1) is 0 Å². The molecule has 1 atom stereocenters. The first kappa shape index (κ1) is 13.0. The first-order valence-corrected chi connectivity index (χ1v) is 7.81. The average molecular weight is 337 g/mol. The summed E-state index contributed by atoms with van der Waals surface area (Å²) in [5.41, 5.74) is 0.666. The number of benzene rings is 2.